The SMILES string of the molecule is CNC(CCCc1ccccc1)C(C)(C)N1CCCCC1. The molecule has 1 N–H and O–H groups in total. The third kappa shape index (κ3) is 4.55. The molecule has 0 radical (unpaired) electrons. The molecule has 1 saturated heterocycles. The molecule has 2 rings (SSSR count). The molecule has 1 aromatic carbocycles. The van der Waals surface area contributed by atoms with Crippen LogP contribution in [0.3, 0.4) is 0 Å². The average Bonchev–Trinajstić information content (AvgIpc) is 2.53. The summed E-state index contributed by atoms with van der Waals surface area (Å²) in [5, 5.41) is 3.58. The van der Waals surface area contributed by atoms with Gasteiger partial charge in [0.15, 0.2) is 0 Å². The van der Waals surface area contributed by atoms with Crippen molar-refractivity contribution in [2.45, 2.75) is 64.0 Å². The predicted octanol–water partition coefficient (Wildman–Crippen LogP) is 3.86. The third-order valence-corrected chi connectivity index (χ3v) is 5.17. The summed E-state index contributed by atoms with van der Waals surface area (Å²) in [5.74, 6) is 0. The van der Waals surface area contributed by atoms with E-state index < -0.39 is 0 Å². The van der Waals surface area contributed by atoms with Crippen LogP contribution in [0.25, 0.3) is 0 Å². The van der Waals surface area contributed by atoms with Gasteiger partial charge in [-0.25, -0.2) is 0 Å². The van der Waals surface area contributed by atoms with E-state index in [1.807, 2.05) is 0 Å². The molecule has 118 valence electrons. The molecule has 0 amide bonds. The number of nitrogens with one attached hydrogen (secondary N) is 1. The molecule has 1 aliphatic rings. The summed E-state index contributed by atoms with van der Waals surface area (Å²) in [5.41, 5.74) is 1.72. The Balaban J connectivity index is 1.86. The number of hydrogen-bond acceptors (Lipinski definition) is 2. The molecule has 0 aromatic heterocycles. The third-order valence-electron chi connectivity index (χ3n) is 5.17. The summed E-state index contributed by atoms with van der Waals surface area (Å²) in [6.07, 6.45) is 7.83. The van der Waals surface area contributed by atoms with Crippen molar-refractivity contribution in [1.29, 1.82) is 0 Å². The van der Waals surface area contributed by atoms with Crippen LogP contribution >= 0.6 is 0 Å². The summed E-state index contributed by atoms with van der Waals surface area (Å²) in [7, 11) is 2.12. The minimum Gasteiger partial charge on any atom is -0.315 e. The van der Waals surface area contributed by atoms with Crippen molar-refractivity contribution in [2.24, 2.45) is 0 Å². The van der Waals surface area contributed by atoms with Crippen molar-refractivity contribution in [3.63, 3.8) is 0 Å². The largest absolute Gasteiger partial charge is 0.315 e. The van der Waals surface area contributed by atoms with Gasteiger partial charge in [0.25, 0.3) is 0 Å². The lowest BCUT2D eigenvalue weighted by atomic mass is 9.86. The summed E-state index contributed by atoms with van der Waals surface area (Å²) < 4.78 is 0. The fraction of sp³-hybridized carbons (Fsp3) is 0.684. The zero-order chi connectivity index (χ0) is 15.1. The van der Waals surface area contributed by atoms with Gasteiger partial charge in [-0.05, 0) is 71.7 Å². The van der Waals surface area contributed by atoms with Gasteiger partial charge in [-0.1, -0.05) is 36.8 Å². The Morgan fingerprint density at radius 1 is 1.10 bits per heavy atom. The first-order valence-corrected chi connectivity index (χ1v) is 8.61. The van der Waals surface area contributed by atoms with Gasteiger partial charge >= 0.3 is 0 Å². The van der Waals surface area contributed by atoms with Gasteiger partial charge in [0.05, 0.1) is 0 Å². The molecular weight excluding hydrogens is 256 g/mol. The van der Waals surface area contributed by atoms with Gasteiger partial charge in [0.2, 0.25) is 0 Å². The smallest absolute Gasteiger partial charge is 0.0306 e. The van der Waals surface area contributed by atoms with Crippen molar-refractivity contribution in [3.8, 4) is 0 Å². The molecule has 0 aliphatic carbocycles. The summed E-state index contributed by atoms with van der Waals surface area (Å²) in [6, 6.07) is 11.4. The molecule has 1 unspecified atom stereocenters. The molecule has 2 heteroatoms. The van der Waals surface area contributed by atoms with E-state index in [-0.39, 0.29) is 5.54 Å². The van der Waals surface area contributed by atoms with Crippen LogP contribution < -0.4 is 5.32 Å². The topological polar surface area (TPSA) is 15.3 Å². The first-order chi connectivity index (χ1) is 10.1. The van der Waals surface area contributed by atoms with Gasteiger partial charge in [0.1, 0.15) is 0 Å². The molecule has 0 spiro atoms. The maximum absolute atomic E-state index is 3.58. The molecule has 1 heterocycles. The molecule has 1 aromatic rings. The van der Waals surface area contributed by atoms with Crippen molar-refractivity contribution in [3.05, 3.63) is 35.9 Å². The number of piperidine rings is 1. The zero-order valence-corrected chi connectivity index (χ0v) is 14.1. The Kier molecular flexibility index (Phi) is 6.25. The van der Waals surface area contributed by atoms with Crippen molar-refractivity contribution in [1.82, 2.24) is 10.2 Å². The molecule has 1 atom stereocenters. The molecule has 0 saturated carbocycles. The average molecular weight is 288 g/mol. The van der Waals surface area contributed by atoms with Gasteiger partial charge in [-0.3, -0.25) is 4.90 Å². The number of likely N-dealkylation sites (N-methyl/N-ethyl adjacent to an activating group) is 1. The van der Waals surface area contributed by atoms with Crippen LogP contribution in [0.15, 0.2) is 30.3 Å². The van der Waals surface area contributed by atoms with Crippen LogP contribution in [-0.2, 0) is 6.42 Å². The maximum atomic E-state index is 3.58. The van der Waals surface area contributed by atoms with E-state index >= 15 is 0 Å². The van der Waals surface area contributed by atoms with E-state index in [1.54, 1.807) is 0 Å². The Morgan fingerprint density at radius 2 is 1.76 bits per heavy atom. The summed E-state index contributed by atoms with van der Waals surface area (Å²) in [6.45, 7) is 7.37. The summed E-state index contributed by atoms with van der Waals surface area (Å²) >= 11 is 0. The lowest BCUT2D eigenvalue weighted by Gasteiger charge is -2.46. The molecule has 1 aliphatic heterocycles. The molecule has 21 heavy (non-hydrogen) atoms. The minimum atomic E-state index is 0.256. The van der Waals surface area contributed by atoms with Crippen LogP contribution in [-0.4, -0.2) is 36.6 Å². The highest BCUT2D eigenvalue weighted by atomic mass is 15.2. The molecular formula is C19H32N2. The minimum absolute atomic E-state index is 0.256. The van der Waals surface area contributed by atoms with Crippen LogP contribution in [0.1, 0.15) is 51.5 Å². The van der Waals surface area contributed by atoms with Crippen LogP contribution in [0, 0.1) is 0 Å². The van der Waals surface area contributed by atoms with Gasteiger partial charge < -0.3 is 5.32 Å². The summed E-state index contributed by atoms with van der Waals surface area (Å²) in [4.78, 5) is 2.69. The molecule has 1 fully saturated rings. The van der Waals surface area contributed by atoms with Crippen molar-refractivity contribution in [2.75, 3.05) is 20.1 Å². The van der Waals surface area contributed by atoms with E-state index in [0.717, 1.165) is 0 Å². The lowest BCUT2D eigenvalue weighted by molar-refractivity contribution is 0.0601. The van der Waals surface area contributed by atoms with E-state index in [2.05, 4.69) is 61.4 Å². The number of nitrogens with zero attached hydrogens (tertiary/aromatic N) is 1. The lowest BCUT2D eigenvalue weighted by Crippen LogP contribution is -2.58. The van der Waals surface area contributed by atoms with Gasteiger partial charge in [0, 0.05) is 11.6 Å². The van der Waals surface area contributed by atoms with E-state index in [1.165, 1.54) is 57.2 Å². The quantitative estimate of drug-likeness (QED) is 0.819. The Morgan fingerprint density at radius 3 is 2.38 bits per heavy atom. The van der Waals surface area contributed by atoms with Crippen LogP contribution in [0.5, 0.6) is 0 Å². The number of aryl methyl sites for hydroxylation is 1. The fourth-order valence-corrected chi connectivity index (χ4v) is 3.70. The van der Waals surface area contributed by atoms with Gasteiger partial charge in [-0.2, -0.15) is 0 Å². The number of benzene rings is 1. The first kappa shape index (κ1) is 16.5. The van der Waals surface area contributed by atoms with Crippen LogP contribution in [0.2, 0.25) is 0 Å². The van der Waals surface area contributed by atoms with Crippen molar-refractivity contribution < 1.29 is 0 Å². The second-order valence-electron chi connectivity index (χ2n) is 6.92. The van der Waals surface area contributed by atoms with Crippen LogP contribution in [0.4, 0.5) is 0 Å². The second-order valence-corrected chi connectivity index (χ2v) is 6.92. The van der Waals surface area contributed by atoms with E-state index in [4.69, 9.17) is 0 Å². The van der Waals surface area contributed by atoms with E-state index in [9.17, 15) is 0 Å². The Bertz CT molecular complexity index is 393. The molecule has 0 bridgehead atoms. The number of rotatable bonds is 7. The second kappa shape index (κ2) is 7.95. The monoisotopic (exact) mass is 288 g/mol. The van der Waals surface area contributed by atoms with Gasteiger partial charge in [-0.15, -0.1) is 0 Å². The Hall–Kier alpha value is -0.860. The normalized spacial score (nSPS) is 18.6. The molecule has 2 nitrogen and oxygen atoms in total. The zero-order valence-electron chi connectivity index (χ0n) is 14.1. The maximum Gasteiger partial charge on any atom is 0.0306 e. The fourth-order valence-electron chi connectivity index (χ4n) is 3.70. The standard InChI is InChI=1S/C19H32N2/c1-19(2,21-15-8-5-9-16-21)18(20-3)14-10-13-17-11-6-4-7-12-17/h4,6-7,11-12,18,20H,5,8-10,13-16H2,1-3H3. The highest BCUT2D eigenvalue weighted by Gasteiger charge is 2.34. The number of hydrogen-bond donors (Lipinski definition) is 1. The first-order valence-electron chi connectivity index (χ1n) is 8.61. The van der Waals surface area contributed by atoms with Crippen molar-refractivity contribution >= 4 is 0 Å². The predicted molar refractivity (Wildman–Crippen MR) is 91.7 cm³/mol. The highest BCUT2D eigenvalue weighted by molar-refractivity contribution is 5.14. The highest BCUT2D eigenvalue weighted by Crippen LogP contribution is 2.26. The Labute approximate surface area is 130 Å². The number of likely N-dealkylation sites (tertiary alicyclic amines) is 1. The van der Waals surface area contributed by atoms with E-state index in [0.29, 0.717) is 6.04 Å².